The van der Waals surface area contributed by atoms with Gasteiger partial charge < -0.3 is 4.74 Å². The molecule has 0 aromatic heterocycles. The van der Waals surface area contributed by atoms with Crippen LogP contribution < -0.4 is 4.74 Å². The number of Topliss-reactive ketones (excluding diaryl/α,β-unsaturated/α-hetero) is 1. The third-order valence-corrected chi connectivity index (χ3v) is 5.28. The Morgan fingerprint density at radius 1 is 0.840 bits per heavy atom. The van der Waals surface area contributed by atoms with Crippen molar-refractivity contribution in [2.45, 2.75) is 25.2 Å². The van der Waals surface area contributed by atoms with Crippen LogP contribution in [0.25, 0.3) is 10.8 Å². The lowest BCUT2D eigenvalue weighted by atomic mass is 9.75. The summed E-state index contributed by atoms with van der Waals surface area (Å²) in [5.41, 5.74) is 3.14. The second-order valence-electron chi connectivity index (χ2n) is 6.76. The molecule has 0 saturated heterocycles. The molecule has 1 aliphatic heterocycles. The van der Waals surface area contributed by atoms with E-state index < -0.39 is 0 Å². The summed E-state index contributed by atoms with van der Waals surface area (Å²) >= 11 is 0. The first kappa shape index (κ1) is 14.5. The summed E-state index contributed by atoms with van der Waals surface area (Å²) in [4.78, 5) is 12.8. The van der Waals surface area contributed by atoms with E-state index in [1.807, 2.05) is 24.3 Å². The quantitative estimate of drug-likeness (QED) is 0.601. The lowest BCUT2D eigenvalue weighted by molar-refractivity contribution is -0.116. The van der Waals surface area contributed by atoms with Crippen molar-refractivity contribution in [2.24, 2.45) is 0 Å². The maximum Gasteiger partial charge on any atom is 0.163 e. The number of hydrogen-bond donors (Lipinski definition) is 0. The fourth-order valence-corrected chi connectivity index (χ4v) is 4.18. The molecule has 0 fully saturated rings. The summed E-state index contributed by atoms with van der Waals surface area (Å²) < 4.78 is 6.22. The first-order valence-corrected chi connectivity index (χ1v) is 8.83. The number of ketones is 1. The Morgan fingerprint density at radius 3 is 2.52 bits per heavy atom. The Kier molecular flexibility index (Phi) is 3.24. The van der Waals surface area contributed by atoms with Crippen molar-refractivity contribution in [3.05, 3.63) is 89.2 Å². The van der Waals surface area contributed by atoms with Crippen molar-refractivity contribution in [3.63, 3.8) is 0 Å². The molecule has 25 heavy (non-hydrogen) atoms. The number of ether oxygens (including phenoxy) is 1. The van der Waals surface area contributed by atoms with Gasteiger partial charge in [0.05, 0.1) is 0 Å². The van der Waals surface area contributed by atoms with Crippen molar-refractivity contribution < 1.29 is 9.53 Å². The predicted octanol–water partition coefficient (Wildman–Crippen LogP) is 5.37. The van der Waals surface area contributed by atoms with E-state index in [0.29, 0.717) is 6.42 Å². The number of carbonyl (C=O) groups is 1. The molecule has 0 radical (unpaired) electrons. The Balaban J connectivity index is 1.85. The lowest BCUT2D eigenvalue weighted by Crippen LogP contribution is -2.25. The van der Waals surface area contributed by atoms with Crippen molar-refractivity contribution >= 4 is 16.6 Å². The average Bonchev–Trinajstić information content (AvgIpc) is 2.67. The summed E-state index contributed by atoms with van der Waals surface area (Å²) in [5, 5.41) is 2.34. The van der Waals surface area contributed by atoms with Gasteiger partial charge in [-0.15, -0.1) is 0 Å². The number of fused-ring (bicyclic) bond motifs is 3. The number of benzene rings is 3. The highest BCUT2D eigenvalue weighted by Gasteiger charge is 2.37. The Bertz CT molecular complexity index is 1010. The van der Waals surface area contributed by atoms with Gasteiger partial charge in [0.15, 0.2) is 5.78 Å². The molecule has 2 aliphatic rings. The molecular weight excluding hydrogens is 308 g/mol. The van der Waals surface area contributed by atoms with Gasteiger partial charge in [0.25, 0.3) is 0 Å². The van der Waals surface area contributed by atoms with Crippen LogP contribution in [-0.2, 0) is 4.79 Å². The second-order valence-corrected chi connectivity index (χ2v) is 6.76. The van der Waals surface area contributed by atoms with Crippen molar-refractivity contribution in [1.29, 1.82) is 0 Å². The third kappa shape index (κ3) is 2.21. The zero-order valence-electron chi connectivity index (χ0n) is 13.9. The van der Waals surface area contributed by atoms with Crippen LogP contribution in [0.4, 0.5) is 0 Å². The smallest absolute Gasteiger partial charge is 0.163 e. The van der Waals surface area contributed by atoms with E-state index in [1.165, 1.54) is 10.8 Å². The zero-order chi connectivity index (χ0) is 16.8. The number of rotatable bonds is 1. The molecule has 0 spiro atoms. The molecular formula is C23H18O2. The van der Waals surface area contributed by atoms with Gasteiger partial charge in [-0.05, 0) is 28.8 Å². The monoisotopic (exact) mass is 326 g/mol. The molecule has 0 saturated carbocycles. The van der Waals surface area contributed by atoms with Crippen LogP contribution in [0.15, 0.2) is 78.1 Å². The van der Waals surface area contributed by atoms with E-state index in [-0.39, 0.29) is 11.7 Å². The molecule has 3 aromatic rings. The van der Waals surface area contributed by atoms with E-state index in [9.17, 15) is 4.79 Å². The molecule has 5 rings (SSSR count). The van der Waals surface area contributed by atoms with Gasteiger partial charge in [-0.2, -0.15) is 0 Å². The molecule has 3 aromatic carbocycles. The van der Waals surface area contributed by atoms with Gasteiger partial charge in [0, 0.05) is 29.9 Å². The number of hydrogen-bond acceptors (Lipinski definition) is 2. The van der Waals surface area contributed by atoms with Gasteiger partial charge >= 0.3 is 0 Å². The first-order chi connectivity index (χ1) is 12.3. The second kappa shape index (κ2) is 5.59. The number of carbonyl (C=O) groups excluding carboxylic acids is 1. The molecule has 1 heterocycles. The van der Waals surface area contributed by atoms with Crippen LogP contribution in [0, 0.1) is 0 Å². The highest BCUT2D eigenvalue weighted by molar-refractivity contribution is 6.01. The van der Waals surface area contributed by atoms with Crippen LogP contribution in [0.3, 0.4) is 0 Å². The summed E-state index contributed by atoms with van der Waals surface area (Å²) in [6, 6.07) is 22.8. The minimum Gasteiger partial charge on any atom is -0.461 e. The van der Waals surface area contributed by atoms with Crippen LogP contribution in [0.5, 0.6) is 5.75 Å². The standard InChI is InChI=1S/C23H18O2/c24-18-11-6-12-19-23(18)21(16-8-2-1-3-9-16)22-17-10-5-4-7-15(17)13-14-20(22)25-19/h1-5,7-10,13-14,21H,6,11-12H2. The van der Waals surface area contributed by atoms with Gasteiger partial charge in [-0.1, -0.05) is 60.7 Å². The van der Waals surface area contributed by atoms with Crippen molar-refractivity contribution in [2.75, 3.05) is 0 Å². The lowest BCUT2D eigenvalue weighted by Gasteiger charge is -2.33. The first-order valence-electron chi connectivity index (χ1n) is 8.83. The van der Waals surface area contributed by atoms with E-state index in [1.54, 1.807) is 0 Å². The highest BCUT2D eigenvalue weighted by Crippen LogP contribution is 2.49. The van der Waals surface area contributed by atoms with Crippen LogP contribution in [0.2, 0.25) is 0 Å². The normalized spacial score (nSPS) is 19.4. The molecule has 0 bridgehead atoms. The van der Waals surface area contributed by atoms with E-state index >= 15 is 0 Å². The minimum atomic E-state index is -0.0427. The zero-order valence-corrected chi connectivity index (χ0v) is 13.9. The molecule has 0 amide bonds. The summed E-state index contributed by atoms with van der Waals surface area (Å²) in [6.07, 6.45) is 2.34. The molecule has 1 atom stereocenters. The third-order valence-electron chi connectivity index (χ3n) is 5.28. The fourth-order valence-electron chi connectivity index (χ4n) is 4.18. The Morgan fingerprint density at radius 2 is 1.64 bits per heavy atom. The van der Waals surface area contributed by atoms with Crippen LogP contribution in [-0.4, -0.2) is 5.78 Å². The number of allylic oxidation sites excluding steroid dienone is 2. The van der Waals surface area contributed by atoms with Crippen LogP contribution >= 0.6 is 0 Å². The maximum atomic E-state index is 12.8. The Hall–Kier alpha value is -2.87. The van der Waals surface area contributed by atoms with Crippen molar-refractivity contribution in [3.8, 4) is 5.75 Å². The highest BCUT2D eigenvalue weighted by atomic mass is 16.5. The average molecular weight is 326 g/mol. The van der Waals surface area contributed by atoms with Gasteiger partial charge in [-0.3, -0.25) is 4.79 Å². The molecule has 122 valence electrons. The fraction of sp³-hybridized carbons (Fsp3) is 0.174. The van der Waals surface area contributed by atoms with Gasteiger partial charge in [0.1, 0.15) is 11.5 Å². The summed E-state index contributed by atoms with van der Waals surface area (Å²) in [7, 11) is 0. The van der Waals surface area contributed by atoms with Gasteiger partial charge in [-0.25, -0.2) is 0 Å². The van der Waals surface area contributed by atoms with Crippen molar-refractivity contribution in [1.82, 2.24) is 0 Å². The molecule has 2 nitrogen and oxygen atoms in total. The largest absolute Gasteiger partial charge is 0.461 e. The summed E-state index contributed by atoms with van der Waals surface area (Å²) in [5.74, 6) is 1.95. The topological polar surface area (TPSA) is 26.3 Å². The molecule has 2 heteroatoms. The molecule has 1 aliphatic carbocycles. The molecule has 1 unspecified atom stereocenters. The maximum absolute atomic E-state index is 12.8. The van der Waals surface area contributed by atoms with Gasteiger partial charge in [0.2, 0.25) is 0 Å². The van der Waals surface area contributed by atoms with E-state index in [4.69, 9.17) is 4.74 Å². The summed E-state index contributed by atoms with van der Waals surface area (Å²) in [6.45, 7) is 0. The van der Waals surface area contributed by atoms with E-state index in [0.717, 1.165) is 41.1 Å². The minimum absolute atomic E-state index is 0.0427. The van der Waals surface area contributed by atoms with E-state index in [2.05, 4.69) is 42.5 Å². The Labute approximate surface area is 146 Å². The van der Waals surface area contributed by atoms with Crippen LogP contribution in [0.1, 0.15) is 36.3 Å². The SMILES string of the molecule is O=C1CCCC2=C1C(c1ccccc1)c1c(ccc3ccccc13)O2. The molecule has 0 N–H and O–H groups in total. The predicted molar refractivity (Wildman–Crippen MR) is 98.7 cm³/mol.